The Balaban J connectivity index is 0.00000218. The number of hydroxylamine groups is 2. The van der Waals surface area contributed by atoms with Crippen molar-refractivity contribution in [2.45, 2.75) is 25.3 Å². The minimum atomic E-state index is -4.25. The average Bonchev–Trinajstić information content (AvgIpc) is 2.70. The molecule has 1 amide bonds. The van der Waals surface area contributed by atoms with Gasteiger partial charge in [-0.2, -0.15) is 4.31 Å². The molecule has 2 aromatic rings. The number of hydrogen-bond donors (Lipinski definition) is 2. The van der Waals surface area contributed by atoms with Gasteiger partial charge in [0, 0.05) is 6.66 Å². The lowest BCUT2D eigenvalue weighted by molar-refractivity contribution is -0.167. The van der Waals surface area contributed by atoms with Gasteiger partial charge in [0.25, 0.3) is 5.91 Å². The van der Waals surface area contributed by atoms with E-state index >= 15 is 0 Å². The molecular formula is C19H26FN2O6PS. The Morgan fingerprint density at radius 1 is 1.07 bits per heavy atom. The second-order valence-corrected chi connectivity index (χ2v) is 10.5. The molecule has 0 saturated heterocycles. The van der Waals surface area contributed by atoms with E-state index in [0.29, 0.717) is 9.87 Å². The molecule has 0 aliphatic carbocycles. The standard InChI is InChI=1S/C17H20FN2O6PS.C2H6/c1-27(23,24)13-19(28(25,26)16-5-3-2-4-6-16)12-17(21)20(22)11-14-7-9-15(18)10-8-14;1-2/h2-10,22H,11-13H2,1H3,(H,23,24);1-2H3. The van der Waals surface area contributed by atoms with E-state index < -0.39 is 41.9 Å². The van der Waals surface area contributed by atoms with Gasteiger partial charge in [-0.3, -0.25) is 14.6 Å². The van der Waals surface area contributed by atoms with Crippen LogP contribution in [-0.2, 0) is 25.9 Å². The number of halogens is 1. The Labute approximate surface area is 176 Å². The Morgan fingerprint density at radius 3 is 2.10 bits per heavy atom. The summed E-state index contributed by atoms with van der Waals surface area (Å²) >= 11 is 0. The summed E-state index contributed by atoms with van der Waals surface area (Å²) < 4.78 is 50.8. The van der Waals surface area contributed by atoms with Crippen LogP contribution in [0.3, 0.4) is 0 Å². The number of hydrogen-bond acceptors (Lipinski definition) is 5. The average molecular weight is 460 g/mol. The first-order valence-electron chi connectivity index (χ1n) is 9.07. The van der Waals surface area contributed by atoms with Gasteiger partial charge >= 0.3 is 0 Å². The van der Waals surface area contributed by atoms with Crippen LogP contribution in [-0.4, -0.2) is 53.3 Å². The Morgan fingerprint density at radius 2 is 1.60 bits per heavy atom. The lowest BCUT2D eigenvalue weighted by Gasteiger charge is -2.24. The van der Waals surface area contributed by atoms with E-state index in [1.807, 2.05) is 13.8 Å². The summed E-state index contributed by atoms with van der Waals surface area (Å²) in [6.45, 7) is 3.83. The van der Waals surface area contributed by atoms with Crippen LogP contribution < -0.4 is 0 Å². The van der Waals surface area contributed by atoms with Crippen LogP contribution >= 0.6 is 7.37 Å². The van der Waals surface area contributed by atoms with E-state index in [1.165, 1.54) is 36.4 Å². The van der Waals surface area contributed by atoms with Crippen LogP contribution in [0.25, 0.3) is 0 Å². The maximum Gasteiger partial charge on any atom is 0.261 e. The molecule has 0 aromatic heterocycles. The van der Waals surface area contributed by atoms with Gasteiger partial charge in [-0.15, -0.1) is 0 Å². The van der Waals surface area contributed by atoms with Gasteiger partial charge in [-0.25, -0.2) is 17.9 Å². The van der Waals surface area contributed by atoms with Crippen LogP contribution in [0.1, 0.15) is 19.4 Å². The predicted molar refractivity (Wildman–Crippen MR) is 111 cm³/mol. The van der Waals surface area contributed by atoms with Crippen molar-refractivity contribution in [3.05, 3.63) is 66.0 Å². The van der Waals surface area contributed by atoms with E-state index in [0.717, 1.165) is 18.8 Å². The highest BCUT2D eigenvalue weighted by Crippen LogP contribution is 2.37. The minimum Gasteiger partial charge on any atom is -0.344 e. The molecule has 1 atom stereocenters. The molecule has 0 heterocycles. The SMILES string of the molecule is CC.CP(=O)(O)CN(CC(=O)N(O)Cc1ccc(F)cc1)S(=O)(=O)c1ccccc1. The zero-order valence-electron chi connectivity index (χ0n) is 17.0. The van der Waals surface area contributed by atoms with Gasteiger partial charge in [-0.1, -0.05) is 44.2 Å². The maximum atomic E-state index is 12.9. The number of benzene rings is 2. The first-order valence-corrected chi connectivity index (χ1v) is 12.8. The summed E-state index contributed by atoms with van der Waals surface area (Å²) in [5, 5.41) is 10.2. The highest BCUT2D eigenvalue weighted by atomic mass is 32.2. The first kappa shape index (κ1) is 25.9. The molecule has 11 heteroatoms. The van der Waals surface area contributed by atoms with E-state index in [4.69, 9.17) is 0 Å². The molecule has 2 rings (SSSR count). The topological polar surface area (TPSA) is 115 Å². The fourth-order valence-corrected chi connectivity index (χ4v) is 5.34. The minimum absolute atomic E-state index is 0.153. The van der Waals surface area contributed by atoms with Crippen LogP contribution in [0.15, 0.2) is 59.5 Å². The van der Waals surface area contributed by atoms with Crippen LogP contribution in [0.2, 0.25) is 0 Å². The number of amides is 1. The Bertz CT molecular complexity index is 964. The fraction of sp³-hybridized carbons (Fsp3) is 0.316. The molecule has 0 radical (unpaired) electrons. The number of sulfonamides is 1. The van der Waals surface area contributed by atoms with Gasteiger partial charge in [0.2, 0.25) is 17.4 Å². The van der Waals surface area contributed by atoms with E-state index in [9.17, 15) is 32.3 Å². The second-order valence-electron chi connectivity index (χ2n) is 6.20. The van der Waals surface area contributed by atoms with Crippen molar-refractivity contribution in [1.82, 2.24) is 9.37 Å². The molecular weight excluding hydrogens is 434 g/mol. The summed E-state index contributed by atoms with van der Waals surface area (Å²) in [5.74, 6) is -1.49. The summed E-state index contributed by atoms with van der Waals surface area (Å²) in [6, 6.07) is 12.2. The van der Waals surface area contributed by atoms with E-state index in [1.54, 1.807) is 6.07 Å². The third-order valence-electron chi connectivity index (χ3n) is 3.65. The molecule has 0 bridgehead atoms. The second kappa shape index (κ2) is 11.3. The summed E-state index contributed by atoms with van der Waals surface area (Å²) in [4.78, 5) is 21.8. The number of rotatable bonds is 8. The van der Waals surface area contributed by atoms with Crippen molar-refractivity contribution in [3.8, 4) is 0 Å². The zero-order chi connectivity index (χ0) is 22.9. The molecule has 30 heavy (non-hydrogen) atoms. The molecule has 2 aromatic carbocycles. The van der Waals surface area contributed by atoms with Gasteiger partial charge in [0.15, 0.2) is 0 Å². The first-order chi connectivity index (χ1) is 14.0. The van der Waals surface area contributed by atoms with Crippen LogP contribution in [0.4, 0.5) is 4.39 Å². The van der Waals surface area contributed by atoms with Crippen molar-refractivity contribution >= 4 is 23.3 Å². The Hall–Kier alpha value is -2.10. The summed E-state index contributed by atoms with van der Waals surface area (Å²) in [5.41, 5.74) is 0.415. The normalized spacial score (nSPS) is 13.2. The molecule has 166 valence electrons. The fourth-order valence-electron chi connectivity index (χ4n) is 2.33. The molecule has 0 spiro atoms. The van der Waals surface area contributed by atoms with Crippen molar-refractivity contribution in [1.29, 1.82) is 0 Å². The molecule has 0 fully saturated rings. The smallest absolute Gasteiger partial charge is 0.261 e. The maximum absolute atomic E-state index is 12.9. The monoisotopic (exact) mass is 460 g/mol. The van der Waals surface area contributed by atoms with Crippen molar-refractivity contribution in [3.63, 3.8) is 0 Å². The third-order valence-corrected chi connectivity index (χ3v) is 6.51. The van der Waals surface area contributed by atoms with Crippen LogP contribution in [0, 0.1) is 5.82 Å². The van der Waals surface area contributed by atoms with Gasteiger partial charge in [0.05, 0.1) is 24.3 Å². The van der Waals surface area contributed by atoms with Crippen molar-refractivity contribution < 1.29 is 32.3 Å². The lowest BCUT2D eigenvalue weighted by Crippen LogP contribution is -2.41. The molecule has 0 saturated carbocycles. The molecule has 0 aliphatic rings. The number of carbonyl (C=O) groups is 1. The van der Waals surface area contributed by atoms with Gasteiger partial charge < -0.3 is 4.89 Å². The molecule has 1 unspecified atom stereocenters. The molecule has 2 N–H and O–H groups in total. The largest absolute Gasteiger partial charge is 0.344 e. The van der Waals surface area contributed by atoms with Gasteiger partial charge in [0.1, 0.15) is 5.82 Å². The third kappa shape index (κ3) is 7.97. The quantitative estimate of drug-likeness (QED) is 0.355. The Kier molecular flexibility index (Phi) is 9.80. The lowest BCUT2D eigenvalue weighted by atomic mass is 10.2. The van der Waals surface area contributed by atoms with Gasteiger partial charge in [-0.05, 0) is 29.8 Å². The highest BCUT2D eigenvalue weighted by Gasteiger charge is 2.32. The predicted octanol–water partition coefficient (Wildman–Crippen LogP) is 3.12. The number of nitrogens with zero attached hydrogens (tertiary/aromatic N) is 2. The van der Waals surface area contributed by atoms with E-state index in [-0.39, 0.29) is 16.5 Å². The number of carbonyl (C=O) groups excluding carboxylic acids is 1. The molecule has 8 nitrogen and oxygen atoms in total. The summed E-state index contributed by atoms with van der Waals surface area (Å²) in [7, 11) is -8.09. The van der Waals surface area contributed by atoms with Crippen molar-refractivity contribution in [2.24, 2.45) is 0 Å². The molecule has 0 aliphatic heterocycles. The highest BCUT2D eigenvalue weighted by molar-refractivity contribution is 7.89. The van der Waals surface area contributed by atoms with E-state index in [2.05, 4.69) is 0 Å². The van der Waals surface area contributed by atoms with Crippen LogP contribution in [0.5, 0.6) is 0 Å². The summed E-state index contributed by atoms with van der Waals surface area (Å²) in [6.07, 6.45) is -0.791. The zero-order valence-corrected chi connectivity index (χ0v) is 18.7. The van der Waals surface area contributed by atoms with Crippen molar-refractivity contribution in [2.75, 3.05) is 19.5 Å².